The first-order valence-corrected chi connectivity index (χ1v) is 6.18. The van der Waals surface area contributed by atoms with E-state index in [-0.39, 0.29) is 5.41 Å². The third-order valence-electron chi connectivity index (χ3n) is 2.98. The van der Waals surface area contributed by atoms with Crippen LogP contribution < -0.4 is 0 Å². The standard InChI is InChI=1S/C12H24O6/c1-12(2,3)4-5-17-11-10(16)9(15)8(14)7(6-13)18-11/h7-11,13-16H,4-6H2,1-3H3/t7-,8-,9+,10+,11+/m1/s1. The number of aliphatic hydroxyl groups is 4. The van der Waals surface area contributed by atoms with E-state index >= 15 is 0 Å². The van der Waals surface area contributed by atoms with Crippen LogP contribution >= 0.6 is 0 Å². The molecule has 0 saturated carbocycles. The topological polar surface area (TPSA) is 99.4 Å². The Morgan fingerprint density at radius 3 is 2.17 bits per heavy atom. The van der Waals surface area contributed by atoms with Crippen molar-refractivity contribution in [3.63, 3.8) is 0 Å². The zero-order valence-corrected chi connectivity index (χ0v) is 11.1. The van der Waals surface area contributed by atoms with E-state index in [2.05, 4.69) is 20.8 Å². The Morgan fingerprint density at radius 2 is 1.67 bits per heavy atom. The van der Waals surface area contributed by atoms with Gasteiger partial charge < -0.3 is 29.9 Å². The average Bonchev–Trinajstić information content (AvgIpc) is 2.27. The van der Waals surface area contributed by atoms with Gasteiger partial charge in [0.1, 0.15) is 24.4 Å². The van der Waals surface area contributed by atoms with Gasteiger partial charge in [0.15, 0.2) is 6.29 Å². The van der Waals surface area contributed by atoms with E-state index in [9.17, 15) is 15.3 Å². The SMILES string of the molecule is CC(C)(C)CCO[C@H]1O[C@H](CO)[C@@H](O)[C@H](O)[C@@H]1O. The van der Waals surface area contributed by atoms with Gasteiger partial charge in [0, 0.05) is 0 Å². The first kappa shape index (κ1) is 15.8. The summed E-state index contributed by atoms with van der Waals surface area (Å²) in [6, 6.07) is 0. The predicted octanol–water partition coefficient (Wildman–Crippen LogP) is -0.761. The Labute approximate surface area is 107 Å². The van der Waals surface area contributed by atoms with Crippen LogP contribution in [-0.2, 0) is 9.47 Å². The highest BCUT2D eigenvalue weighted by Gasteiger charge is 2.43. The molecule has 18 heavy (non-hydrogen) atoms. The monoisotopic (exact) mass is 264 g/mol. The normalized spacial score (nSPS) is 37.8. The van der Waals surface area contributed by atoms with Crippen LogP contribution in [0.25, 0.3) is 0 Å². The molecule has 1 fully saturated rings. The van der Waals surface area contributed by atoms with E-state index in [1.807, 2.05) is 0 Å². The third-order valence-corrected chi connectivity index (χ3v) is 2.98. The summed E-state index contributed by atoms with van der Waals surface area (Å²) in [5.41, 5.74) is 0.0914. The first-order valence-electron chi connectivity index (χ1n) is 6.18. The van der Waals surface area contributed by atoms with Gasteiger partial charge >= 0.3 is 0 Å². The van der Waals surface area contributed by atoms with Gasteiger partial charge in [-0.15, -0.1) is 0 Å². The van der Waals surface area contributed by atoms with Crippen molar-refractivity contribution in [2.75, 3.05) is 13.2 Å². The summed E-state index contributed by atoms with van der Waals surface area (Å²) in [4.78, 5) is 0. The predicted molar refractivity (Wildman–Crippen MR) is 63.8 cm³/mol. The molecular weight excluding hydrogens is 240 g/mol. The molecule has 6 nitrogen and oxygen atoms in total. The van der Waals surface area contributed by atoms with E-state index in [0.717, 1.165) is 6.42 Å². The van der Waals surface area contributed by atoms with E-state index in [4.69, 9.17) is 14.6 Å². The summed E-state index contributed by atoms with van der Waals surface area (Å²) in [5.74, 6) is 0. The van der Waals surface area contributed by atoms with Crippen molar-refractivity contribution in [2.45, 2.75) is 57.9 Å². The maximum absolute atomic E-state index is 9.71. The maximum Gasteiger partial charge on any atom is 0.186 e. The molecule has 1 aliphatic rings. The first-order chi connectivity index (χ1) is 8.26. The van der Waals surface area contributed by atoms with Crippen LogP contribution in [0.1, 0.15) is 27.2 Å². The fourth-order valence-electron chi connectivity index (χ4n) is 1.69. The molecule has 0 aromatic rings. The summed E-state index contributed by atoms with van der Waals surface area (Å²) >= 11 is 0. The summed E-state index contributed by atoms with van der Waals surface area (Å²) in [7, 11) is 0. The molecule has 0 aromatic carbocycles. The fourth-order valence-corrected chi connectivity index (χ4v) is 1.69. The summed E-state index contributed by atoms with van der Waals surface area (Å²) in [6.07, 6.45) is -5.21. The molecule has 1 saturated heterocycles. The Balaban J connectivity index is 2.49. The molecule has 0 unspecified atom stereocenters. The number of ether oxygens (including phenoxy) is 2. The Kier molecular flexibility index (Phi) is 5.51. The molecule has 0 spiro atoms. The summed E-state index contributed by atoms with van der Waals surface area (Å²) in [5, 5.41) is 37.8. The lowest BCUT2D eigenvalue weighted by Gasteiger charge is -2.39. The van der Waals surface area contributed by atoms with Gasteiger partial charge in [0.05, 0.1) is 13.2 Å². The second kappa shape index (κ2) is 6.27. The van der Waals surface area contributed by atoms with Crippen LogP contribution in [0.15, 0.2) is 0 Å². The second-order valence-electron chi connectivity index (χ2n) is 5.88. The van der Waals surface area contributed by atoms with E-state index < -0.39 is 37.3 Å². The molecule has 1 rings (SSSR count). The highest BCUT2D eigenvalue weighted by Crippen LogP contribution is 2.24. The van der Waals surface area contributed by atoms with E-state index in [1.54, 1.807) is 0 Å². The molecule has 4 N–H and O–H groups in total. The molecule has 5 atom stereocenters. The lowest BCUT2D eigenvalue weighted by Crippen LogP contribution is -2.59. The third kappa shape index (κ3) is 4.15. The lowest BCUT2D eigenvalue weighted by molar-refractivity contribution is -0.301. The van der Waals surface area contributed by atoms with Gasteiger partial charge in [0.2, 0.25) is 0 Å². The van der Waals surface area contributed by atoms with Gasteiger partial charge in [0.25, 0.3) is 0 Å². The van der Waals surface area contributed by atoms with E-state index in [0.29, 0.717) is 6.61 Å². The van der Waals surface area contributed by atoms with Crippen molar-refractivity contribution >= 4 is 0 Å². The molecule has 0 amide bonds. The van der Waals surface area contributed by atoms with Gasteiger partial charge in [-0.25, -0.2) is 0 Å². The van der Waals surface area contributed by atoms with Crippen LogP contribution in [-0.4, -0.2) is 64.3 Å². The summed E-state index contributed by atoms with van der Waals surface area (Å²) in [6.45, 7) is 6.10. The quantitative estimate of drug-likeness (QED) is 0.532. The molecule has 0 aliphatic carbocycles. The van der Waals surface area contributed by atoms with Crippen molar-refractivity contribution in [3.8, 4) is 0 Å². The number of hydrogen-bond acceptors (Lipinski definition) is 6. The number of aliphatic hydroxyl groups excluding tert-OH is 4. The van der Waals surface area contributed by atoms with Crippen molar-refractivity contribution in [3.05, 3.63) is 0 Å². The highest BCUT2D eigenvalue weighted by molar-refractivity contribution is 4.88. The van der Waals surface area contributed by atoms with Gasteiger partial charge in [-0.2, -0.15) is 0 Å². The average molecular weight is 264 g/mol. The van der Waals surface area contributed by atoms with Crippen LogP contribution in [0.3, 0.4) is 0 Å². The zero-order valence-electron chi connectivity index (χ0n) is 11.1. The van der Waals surface area contributed by atoms with Crippen LogP contribution in [0.5, 0.6) is 0 Å². The van der Waals surface area contributed by atoms with E-state index in [1.165, 1.54) is 0 Å². The molecular formula is C12H24O6. The molecule has 1 aliphatic heterocycles. The molecule has 0 radical (unpaired) electrons. The van der Waals surface area contributed by atoms with Crippen LogP contribution in [0.2, 0.25) is 0 Å². The second-order valence-corrected chi connectivity index (χ2v) is 5.88. The minimum absolute atomic E-state index is 0.0914. The van der Waals surface area contributed by atoms with Crippen molar-refractivity contribution < 1.29 is 29.9 Å². The Hall–Kier alpha value is -0.240. The minimum Gasteiger partial charge on any atom is -0.394 e. The van der Waals surface area contributed by atoms with Crippen LogP contribution in [0, 0.1) is 5.41 Å². The Morgan fingerprint density at radius 1 is 1.06 bits per heavy atom. The molecule has 1 heterocycles. The lowest BCUT2D eigenvalue weighted by atomic mass is 9.93. The zero-order chi connectivity index (χ0) is 13.9. The molecule has 6 heteroatoms. The van der Waals surface area contributed by atoms with Gasteiger partial charge in [-0.1, -0.05) is 20.8 Å². The van der Waals surface area contributed by atoms with Crippen molar-refractivity contribution in [2.24, 2.45) is 5.41 Å². The smallest absolute Gasteiger partial charge is 0.186 e. The van der Waals surface area contributed by atoms with Crippen molar-refractivity contribution in [1.82, 2.24) is 0 Å². The molecule has 0 aromatic heterocycles. The number of rotatable bonds is 4. The largest absolute Gasteiger partial charge is 0.394 e. The maximum atomic E-state index is 9.71. The van der Waals surface area contributed by atoms with Gasteiger partial charge in [-0.05, 0) is 11.8 Å². The minimum atomic E-state index is -1.38. The highest BCUT2D eigenvalue weighted by atomic mass is 16.7. The summed E-state index contributed by atoms with van der Waals surface area (Å²) < 4.78 is 10.6. The van der Waals surface area contributed by atoms with Crippen LogP contribution in [0.4, 0.5) is 0 Å². The number of hydrogen-bond donors (Lipinski definition) is 4. The molecule has 0 bridgehead atoms. The van der Waals surface area contributed by atoms with Gasteiger partial charge in [-0.3, -0.25) is 0 Å². The fraction of sp³-hybridized carbons (Fsp3) is 1.00. The molecule has 108 valence electrons. The van der Waals surface area contributed by atoms with Crippen molar-refractivity contribution in [1.29, 1.82) is 0 Å². The Bertz CT molecular complexity index is 249.